The largest absolute Gasteiger partial charge is 0.486 e. The van der Waals surface area contributed by atoms with Crippen LogP contribution in [0.3, 0.4) is 0 Å². The maximum atomic E-state index is 14.5. The van der Waals surface area contributed by atoms with Gasteiger partial charge in [0.05, 0.1) is 0 Å². The van der Waals surface area contributed by atoms with E-state index in [1.165, 1.54) is 6.07 Å². The number of hydrogen-bond acceptors (Lipinski definition) is 4. The number of hydrogen-bond donors (Lipinski definition) is 0. The number of halogens is 1. The summed E-state index contributed by atoms with van der Waals surface area (Å²) >= 11 is 0. The predicted molar refractivity (Wildman–Crippen MR) is 101 cm³/mol. The van der Waals surface area contributed by atoms with Gasteiger partial charge < -0.3 is 4.74 Å². The first-order chi connectivity index (χ1) is 12.0. The van der Waals surface area contributed by atoms with E-state index in [-0.39, 0.29) is 13.7 Å². The van der Waals surface area contributed by atoms with Crippen LogP contribution in [0.15, 0.2) is 42.9 Å². The molecule has 0 amide bonds. The van der Waals surface area contributed by atoms with Crippen LogP contribution in [0.2, 0.25) is 0 Å². The van der Waals surface area contributed by atoms with Crippen molar-refractivity contribution in [2.45, 2.75) is 13.8 Å². The van der Waals surface area contributed by atoms with E-state index >= 15 is 0 Å². The zero-order valence-corrected chi connectivity index (χ0v) is 15.5. The molecular weight excluding hydrogens is 336 g/mol. The SMILES string of the molecule is CC(C)C[P@@](C)COc1ccc(-c2ccnc3nccnc23)cc1F. The third-order valence-electron chi connectivity index (χ3n) is 3.73. The first-order valence-electron chi connectivity index (χ1n) is 8.21. The second kappa shape index (κ2) is 7.83. The molecule has 0 aliphatic carbocycles. The van der Waals surface area contributed by atoms with Crippen LogP contribution in [0.25, 0.3) is 22.3 Å². The van der Waals surface area contributed by atoms with Crippen molar-refractivity contribution < 1.29 is 9.13 Å². The van der Waals surface area contributed by atoms with Gasteiger partial charge in [0.2, 0.25) is 0 Å². The van der Waals surface area contributed by atoms with Gasteiger partial charge in [-0.15, -0.1) is 0 Å². The van der Waals surface area contributed by atoms with E-state index in [4.69, 9.17) is 4.74 Å². The normalized spacial score (nSPS) is 12.5. The summed E-state index contributed by atoms with van der Waals surface area (Å²) in [5, 5.41) is 0. The van der Waals surface area contributed by atoms with Gasteiger partial charge in [-0.3, -0.25) is 4.98 Å². The van der Waals surface area contributed by atoms with Crippen molar-refractivity contribution >= 4 is 19.1 Å². The Morgan fingerprint density at radius 1 is 1.08 bits per heavy atom. The fraction of sp³-hybridized carbons (Fsp3) is 0.316. The van der Waals surface area contributed by atoms with Gasteiger partial charge in [-0.05, 0) is 42.5 Å². The summed E-state index contributed by atoms with van der Waals surface area (Å²) in [6.45, 7) is 6.57. The van der Waals surface area contributed by atoms with Gasteiger partial charge >= 0.3 is 0 Å². The van der Waals surface area contributed by atoms with E-state index in [1.54, 1.807) is 24.7 Å². The molecule has 0 fully saturated rings. The van der Waals surface area contributed by atoms with Crippen LogP contribution in [0.1, 0.15) is 13.8 Å². The first-order valence-corrected chi connectivity index (χ1v) is 10.4. The molecule has 0 saturated heterocycles. The molecule has 1 aromatic carbocycles. The molecule has 130 valence electrons. The molecule has 3 aromatic rings. The molecule has 0 aliphatic heterocycles. The monoisotopic (exact) mass is 357 g/mol. The number of rotatable bonds is 6. The standard InChI is InChI=1S/C19H21FN3OP/c1-13(2)11-25(3)12-24-17-5-4-14(10-16(17)20)15-6-7-22-19-18(15)21-8-9-23-19/h4-10,13H,11-12H2,1-3H3/t25-/m1/s1. The smallest absolute Gasteiger partial charge is 0.178 e. The number of pyridine rings is 1. The molecule has 1 atom stereocenters. The Kier molecular flexibility index (Phi) is 5.54. The quantitative estimate of drug-likeness (QED) is 0.587. The minimum atomic E-state index is -0.362. The Morgan fingerprint density at radius 3 is 2.60 bits per heavy atom. The highest BCUT2D eigenvalue weighted by molar-refractivity contribution is 7.56. The lowest BCUT2D eigenvalue weighted by atomic mass is 10.1. The van der Waals surface area contributed by atoms with Crippen molar-refractivity contribution in [3.63, 3.8) is 0 Å². The van der Waals surface area contributed by atoms with E-state index in [0.717, 1.165) is 17.3 Å². The number of aromatic nitrogens is 3. The maximum absolute atomic E-state index is 14.5. The van der Waals surface area contributed by atoms with Crippen molar-refractivity contribution in [3.8, 4) is 16.9 Å². The number of nitrogens with zero attached hydrogens (tertiary/aromatic N) is 3. The average molecular weight is 357 g/mol. The summed E-state index contributed by atoms with van der Waals surface area (Å²) < 4.78 is 20.2. The van der Waals surface area contributed by atoms with Crippen LogP contribution in [0.5, 0.6) is 5.75 Å². The van der Waals surface area contributed by atoms with Crippen molar-refractivity contribution in [1.82, 2.24) is 15.0 Å². The van der Waals surface area contributed by atoms with Crippen LogP contribution in [0.4, 0.5) is 4.39 Å². The topological polar surface area (TPSA) is 47.9 Å². The molecule has 0 saturated carbocycles. The summed E-state index contributed by atoms with van der Waals surface area (Å²) in [5.41, 5.74) is 2.75. The highest BCUT2D eigenvalue weighted by atomic mass is 31.1. The number of benzene rings is 1. The van der Waals surface area contributed by atoms with Gasteiger partial charge in [0.1, 0.15) is 11.9 Å². The highest BCUT2D eigenvalue weighted by Gasteiger charge is 2.12. The summed E-state index contributed by atoms with van der Waals surface area (Å²) in [6, 6.07) is 6.84. The molecule has 0 aliphatic rings. The lowest BCUT2D eigenvalue weighted by molar-refractivity contribution is 0.363. The molecule has 25 heavy (non-hydrogen) atoms. The predicted octanol–water partition coefficient (Wildman–Crippen LogP) is 4.93. The molecule has 2 aromatic heterocycles. The Morgan fingerprint density at radius 2 is 1.84 bits per heavy atom. The van der Waals surface area contributed by atoms with Gasteiger partial charge in [0, 0.05) is 24.2 Å². The van der Waals surface area contributed by atoms with Crippen molar-refractivity contribution in [2.75, 3.05) is 19.2 Å². The molecule has 0 radical (unpaired) electrons. The third kappa shape index (κ3) is 4.29. The molecule has 4 nitrogen and oxygen atoms in total. The highest BCUT2D eigenvalue weighted by Crippen LogP contribution is 2.35. The van der Waals surface area contributed by atoms with Crippen LogP contribution >= 0.6 is 7.92 Å². The first kappa shape index (κ1) is 17.7. The maximum Gasteiger partial charge on any atom is 0.178 e. The number of fused-ring (bicyclic) bond motifs is 1. The molecule has 0 unspecified atom stereocenters. The van der Waals surface area contributed by atoms with Gasteiger partial charge in [-0.1, -0.05) is 27.8 Å². The zero-order valence-electron chi connectivity index (χ0n) is 14.6. The Balaban J connectivity index is 1.82. The Bertz CT molecular complexity index is 867. The zero-order chi connectivity index (χ0) is 17.8. The summed E-state index contributed by atoms with van der Waals surface area (Å²) in [6.07, 6.45) is 6.56. The van der Waals surface area contributed by atoms with E-state index in [0.29, 0.717) is 29.2 Å². The second-order valence-electron chi connectivity index (χ2n) is 6.44. The molecular formula is C19H21FN3OP. The molecule has 2 heterocycles. The van der Waals surface area contributed by atoms with Crippen LogP contribution in [-0.4, -0.2) is 34.1 Å². The minimum absolute atomic E-state index is 0.247. The van der Waals surface area contributed by atoms with Crippen LogP contribution < -0.4 is 4.74 Å². The van der Waals surface area contributed by atoms with Crippen molar-refractivity contribution in [2.24, 2.45) is 5.92 Å². The van der Waals surface area contributed by atoms with Crippen molar-refractivity contribution in [1.29, 1.82) is 0 Å². The van der Waals surface area contributed by atoms with Crippen LogP contribution in [-0.2, 0) is 0 Å². The third-order valence-corrected chi connectivity index (χ3v) is 5.66. The van der Waals surface area contributed by atoms with Gasteiger partial charge in [-0.2, -0.15) is 0 Å². The Labute approximate surface area is 148 Å². The van der Waals surface area contributed by atoms with Gasteiger partial charge in [-0.25, -0.2) is 14.4 Å². The minimum Gasteiger partial charge on any atom is -0.486 e. The van der Waals surface area contributed by atoms with E-state index in [2.05, 4.69) is 35.5 Å². The van der Waals surface area contributed by atoms with Crippen molar-refractivity contribution in [3.05, 3.63) is 48.7 Å². The average Bonchev–Trinajstić information content (AvgIpc) is 2.59. The number of ether oxygens (including phenoxy) is 1. The van der Waals surface area contributed by atoms with E-state index < -0.39 is 0 Å². The second-order valence-corrected chi connectivity index (χ2v) is 8.77. The lowest BCUT2D eigenvalue weighted by Gasteiger charge is -2.16. The summed E-state index contributed by atoms with van der Waals surface area (Å²) in [7, 11) is -0.247. The van der Waals surface area contributed by atoms with E-state index in [1.807, 2.05) is 12.1 Å². The summed E-state index contributed by atoms with van der Waals surface area (Å²) in [4.78, 5) is 12.7. The lowest BCUT2D eigenvalue weighted by Crippen LogP contribution is -2.03. The fourth-order valence-corrected chi connectivity index (χ4v) is 4.46. The van der Waals surface area contributed by atoms with Gasteiger partial charge in [0.25, 0.3) is 0 Å². The molecule has 0 bridgehead atoms. The Hall–Kier alpha value is -2.13. The molecule has 0 N–H and O–H groups in total. The fourth-order valence-electron chi connectivity index (χ4n) is 2.75. The van der Waals surface area contributed by atoms with E-state index in [9.17, 15) is 4.39 Å². The van der Waals surface area contributed by atoms with Crippen LogP contribution in [0, 0.1) is 11.7 Å². The molecule has 0 spiro atoms. The molecule has 6 heteroatoms. The van der Waals surface area contributed by atoms with Gasteiger partial charge in [0.15, 0.2) is 17.2 Å². The summed E-state index contributed by atoms with van der Waals surface area (Å²) in [5.74, 6) is 0.568. The molecule has 3 rings (SSSR count).